The first-order valence-corrected chi connectivity index (χ1v) is 10.1. The summed E-state index contributed by atoms with van der Waals surface area (Å²) in [5.74, 6) is 0. The zero-order valence-corrected chi connectivity index (χ0v) is 15.8. The van der Waals surface area contributed by atoms with Crippen LogP contribution in [0.15, 0.2) is 73.1 Å². The second-order valence-corrected chi connectivity index (χ2v) is 8.07. The number of fused-ring (bicyclic) bond motifs is 8. The van der Waals surface area contributed by atoms with Crippen molar-refractivity contribution in [3.63, 3.8) is 0 Å². The molecule has 0 aliphatic heterocycles. The fourth-order valence-electron chi connectivity index (χ4n) is 5.36. The number of H-pyrrole nitrogens is 2. The van der Waals surface area contributed by atoms with Gasteiger partial charge < -0.3 is 9.97 Å². The maximum absolute atomic E-state index is 4.69. The van der Waals surface area contributed by atoms with Crippen LogP contribution in [0, 0.1) is 0 Å². The summed E-state index contributed by atoms with van der Waals surface area (Å²) >= 11 is 0. The largest absolute Gasteiger partial charge is 0.353 e. The third-order valence-electron chi connectivity index (χ3n) is 6.53. The molecule has 0 unspecified atom stereocenters. The average Bonchev–Trinajstić information content (AvgIpc) is 3.34. The van der Waals surface area contributed by atoms with E-state index in [0.29, 0.717) is 0 Å². The number of benzene rings is 4. The summed E-state index contributed by atoms with van der Waals surface area (Å²) in [4.78, 5) is 16.5. The van der Waals surface area contributed by atoms with Crippen LogP contribution >= 0.6 is 0 Å². The van der Waals surface area contributed by atoms with Gasteiger partial charge in [-0.1, -0.05) is 24.3 Å². The molecule has 0 bridgehead atoms. The van der Waals surface area contributed by atoms with Crippen molar-refractivity contribution in [2.45, 2.75) is 0 Å². The number of rotatable bonds is 0. The molecule has 138 valence electrons. The number of nitrogens with one attached hydrogen (secondary N) is 2. The van der Waals surface area contributed by atoms with Crippen molar-refractivity contribution in [2.24, 2.45) is 0 Å². The highest BCUT2D eigenvalue weighted by atomic mass is 14.8. The highest BCUT2D eigenvalue weighted by molar-refractivity contribution is 6.36. The topological polar surface area (TPSA) is 57.4 Å². The highest BCUT2D eigenvalue weighted by Crippen LogP contribution is 2.43. The average molecular weight is 382 g/mol. The number of hydrogen-bond acceptors (Lipinski definition) is 2. The Kier molecular flexibility index (Phi) is 2.39. The van der Waals surface area contributed by atoms with Gasteiger partial charge in [-0.2, -0.15) is 0 Å². The standard InChI is InChI=1S/C26H14N4/c1-3-17-25(27-9-1)23-15-7-5-14-12-20-24(26-18(30-20)4-2-10-28-26)16-8-6-13(11-19(23)29-17)21(15)22(14)16/h1-12,29-30H. The van der Waals surface area contributed by atoms with E-state index in [1.54, 1.807) is 0 Å². The fourth-order valence-corrected chi connectivity index (χ4v) is 5.36. The summed E-state index contributed by atoms with van der Waals surface area (Å²) in [6.45, 7) is 0. The highest BCUT2D eigenvalue weighted by Gasteiger charge is 2.18. The van der Waals surface area contributed by atoms with E-state index in [1.165, 1.54) is 43.1 Å². The van der Waals surface area contributed by atoms with Gasteiger partial charge in [0.2, 0.25) is 0 Å². The predicted molar refractivity (Wildman–Crippen MR) is 124 cm³/mol. The van der Waals surface area contributed by atoms with Gasteiger partial charge in [0.05, 0.1) is 22.1 Å². The minimum Gasteiger partial charge on any atom is -0.353 e. The first-order chi connectivity index (χ1) is 14.9. The van der Waals surface area contributed by atoms with Gasteiger partial charge in [0.15, 0.2) is 0 Å². The number of hydrogen-bond donors (Lipinski definition) is 2. The molecule has 0 spiro atoms. The van der Waals surface area contributed by atoms with Gasteiger partial charge in [-0.3, -0.25) is 9.97 Å². The van der Waals surface area contributed by atoms with E-state index < -0.39 is 0 Å². The van der Waals surface area contributed by atoms with Gasteiger partial charge in [-0.15, -0.1) is 0 Å². The van der Waals surface area contributed by atoms with E-state index in [1.807, 2.05) is 24.5 Å². The monoisotopic (exact) mass is 382 g/mol. The molecule has 0 atom stereocenters. The second kappa shape index (κ2) is 4.86. The van der Waals surface area contributed by atoms with E-state index in [9.17, 15) is 0 Å². The Morgan fingerprint density at radius 1 is 0.500 bits per heavy atom. The van der Waals surface area contributed by atoms with Crippen LogP contribution in [0.1, 0.15) is 0 Å². The van der Waals surface area contributed by atoms with Crippen LogP contribution in [0.2, 0.25) is 0 Å². The minimum atomic E-state index is 1.03. The maximum atomic E-state index is 4.69. The van der Waals surface area contributed by atoms with Crippen LogP contribution in [0.5, 0.6) is 0 Å². The molecular formula is C26H14N4. The van der Waals surface area contributed by atoms with Crippen LogP contribution in [0.4, 0.5) is 0 Å². The van der Waals surface area contributed by atoms with E-state index in [0.717, 1.165) is 33.1 Å². The summed E-state index contributed by atoms with van der Waals surface area (Å²) in [6, 6.07) is 21.6. The fraction of sp³-hybridized carbons (Fsp3) is 0. The molecule has 4 heterocycles. The normalized spacial score (nSPS) is 12.7. The van der Waals surface area contributed by atoms with E-state index in [4.69, 9.17) is 0 Å². The van der Waals surface area contributed by atoms with E-state index >= 15 is 0 Å². The third-order valence-corrected chi connectivity index (χ3v) is 6.53. The molecule has 0 amide bonds. The Balaban J connectivity index is 1.71. The Morgan fingerprint density at radius 2 is 1.00 bits per heavy atom. The molecule has 0 fully saturated rings. The second-order valence-electron chi connectivity index (χ2n) is 8.07. The molecule has 4 heteroatoms. The van der Waals surface area contributed by atoms with Crippen LogP contribution in [0.3, 0.4) is 0 Å². The molecule has 4 nitrogen and oxygen atoms in total. The van der Waals surface area contributed by atoms with Gasteiger partial charge in [-0.25, -0.2) is 0 Å². The van der Waals surface area contributed by atoms with Crippen molar-refractivity contribution in [2.75, 3.05) is 0 Å². The summed E-state index contributed by atoms with van der Waals surface area (Å²) in [7, 11) is 0. The van der Waals surface area contributed by atoms with Gasteiger partial charge in [0.25, 0.3) is 0 Å². The quantitative estimate of drug-likeness (QED) is 0.289. The van der Waals surface area contributed by atoms with E-state index in [-0.39, 0.29) is 0 Å². The van der Waals surface area contributed by atoms with Crippen LogP contribution in [-0.2, 0) is 0 Å². The molecule has 30 heavy (non-hydrogen) atoms. The molecule has 8 rings (SSSR count). The van der Waals surface area contributed by atoms with Crippen LogP contribution < -0.4 is 0 Å². The molecule has 4 aromatic heterocycles. The summed E-state index contributed by atoms with van der Waals surface area (Å²) in [6.07, 6.45) is 3.74. The van der Waals surface area contributed by atoms with Crippen molar-refractivity contribution in [1.82, 2.24) is 19.9 Å². The lowest BCUT2D eigenvalue weighted by molar-refractivity contribution is 1.42. The Labute approximate surface area is 169 Å². The third kappa shape index (κ3) is 1.61. The molecule has 8 aromatic rings. The molecule has 2 N–H and O–H groups in total. The SMILES string of the molecule is c1cnc2c(c1)[nH]c1cc3ccc4c5c(cc6ccc(c12)c3c64)[nH]c1cccnc15. The first kappa shape index (κ1) is 14.8. The maximum Gasteiger partial charge on any atom is 0.0963 e. The molecule has 0 radical (unpaired) electrons. The number of pyridine rings is 2. The van der Waals surface area contributed by atoms with Crippen molar-refractivity contribution in [3.05, 3.63) is 73.1 Å². The van der Waals surface area contributed by atoms with Crippen molar-refractivity contribution >= 4 is 76.2 Å². The van der Waals surface area contributed by atoms with Crippen molar-refractivity contribution in [1.29, 1.82) is 0 Å². The lowest BCUT2D eigenvalue weighted by Crippen LogP contribution is -1.86. The van der Waals surface area contributed by atoms with E-state index in [2.05, 4.69) is 68.5 Å². The van der Waals surface area contributed by atoms with Gasteiger partial charge in [0.1, 0.15) is 0 Å². The molecular weight excluding hydrogens is 368 g/mol. The van der Waals surface area contributed by atoms with Gasteiger partial charge >= 0.3 is 0 Å². The number of aromatic nitrogens is 4. The zero-order chi connectivity index (χ0) is 19.4. The van der Waals surface area contributed by atoms with Crippen LogP contribution in [-0.4, -0.2) is 19.9 Å². The number of aromatic amines is 2. The minimum absolute atomic E-state index is 1.03. The smallest absolute Gasteiger partial charge is 0.0963 e. The molecule has 0 saturated heterocycles. The lowest BCUT2D eigenvalue weighted by atomic mass is 9.91. The summed E-state index contributed by atoms with van der Waals surface area (Å²) in [5.41, 5.74) is 6.48. The Hall–Kier alpha value is -4.18. The van der Waals surface area contributed by atoms with Crippen molar-refractivity contribution in [3.8, 4) is 0 Å². The molecule has 0 aliphatic rings. The van der Waals surface area contributed by atoms with Crippen molar-refractivity contribution < 1.29 is 0 Å². The van der Waals surface area contributed by atoms with Gasteiger partial charge in [-0.05, 0) is 68.7 Å². The summed E-state index contributed by atoms with van der Waals surface area (Å²) < 4.78 is 0. The summed E-state index contributed by atoms with van der Waals surface area (Å²) in [5, 5.41) is 9.99. The Morgan fingerprint density at radius 3 is 1.50 bits per heavy atom. The molecule has 0 saturated carbocycles. The zero-order valence-electron chi connectivity index (χ0n) is 15.8. The molecule has 4 aromatic carbocycles. The van der Waals surface area contributed by atoms with Gasteiger partial charge in [0, 0.05) is 34.2 Å². The first-order valence-electron chi connectivity index (χ1n) is 10.1. The predicted octanol–water partition coefficient (Wildman–Crippen LogP) is 6.64. The molecule has 0 aliphatic carbocycles. The Bertz CT molecular complexity index is 1810. The number of nitrogens with zero attached hydrogens (tertiary/aromatic N) is 2. The van der Waals surface area contributed by atoms with Crippen LogP contribution in [0.25, 0.3) is 76.2 Å². The lowest BCUT2D eigenvalue weighted by Gasteiger charge is -2.12.